The molecule has 0 radical (unpaired) electrons. The molecular formula is C8H14N4O3. The Morgan fingerprint density at radius 3 is 2.73 bits per heavy atom. The first-order valence-corrected chi connectivity index (χ1v) is 4.60. The van der Waals surface area contributed by atoms with Gasteiger partial charge in [0.1, 0.15) is 0 Å². The van der Waals surface area contributed by atoms with Gasteiger partial charge in [-0.1, -0.05) is 0 Å². The highest BCUT2D eigenvalue weighted by atomic mass is 16.2. The smallest absolute Gasteiger partial charge is 0.237 e. The van der Waals surface area contributed by atoms with Gasteiger partial charge < -0.3 is 22.1 Å². The van der Waals surface area contributed by atoms with Crippen LogP contribution in [0.4, 0.5) is 0 Å². The van der Waals surface area contributed by atoms with Crippen LogP contribution in [0.25, 0.3) is 0 Å². The summed E-state index contributed by atoms with van der Waals surface area (Å²) in [5.41, 5.74) is 10.3. The average Bonchev–Trinajstić information content (AvgIpc) is 2.50. The molecule has 7 heteroatoms. The number of nitrogens with two attached hydrogens (primary N) is 2. The van der Waals surface area contributed by atoms with Crippen molar-refractivity contribution in [3.05, 3.63) is 0 Å². The summed E-state index contributed by atoms with van der Waals surface area (Å²) in [6.07, 6.45) is 0.0506. The Balaban J connectivity index is 2.35. The molecule has 1 saturated heterocycles. The van der Waals surface area contributed by atoms with Gasteiger partial charge in [-0.2, -0.15) is 0 Å². The van der Waals surface area contributed by atoms with Crippen molar-refractivity contribution in [2.24, 2.45) is 11.5 Å². The lowest BCUT2D eigenvalue weighted by Gasteiger charge is -2.14. The lowest BCUT2D eigenvalue weighted by atomic mass is 10.1. The lowest BCUT2D eigenvalue weighted by Crippen LogP contribution is -2.47. The molecule has 84 valence electrons. The summed E-state index contributed by atoms with van der Waals surface area (Å²) in [5, 5.41) is 5.13. The molecule has 0 aromatic rings. The summed E-state index contributed by atoms with van der Waals surface area (Å²) in [7, 11) is 0. The number of nitrogens with one attached hydrogen (secondary N) is 2. The minimum absolute atomic E-state index is 0.108. The average molecular weight is 214 g/mol. The van der Waals surface area contributed by atoms with Crippen LogP contribution in [0.2, 0.25) is 0 Å². The second kappa shape index (κ2) is 4.74. The molecule has 1 heterocycles. The van der Waals surface area contributed by atoms with Crippen molar-refractivity contribution in [2.75, 3.05) is 6.54 Å². The van der Waals surface area contributed by atoms with Crippen LogP contribution in [0.5, 0.6) is 0 Å². The summed E-state index contributed by atoms with van der Waals surface area (Å²) < 4.78 is 0. The van der Waals surface area contributed by atoms with Crippen LogP contribution in [0, 0.1) is 0 Å². The Kier molecular flexibility index (Phi) is 3.62. The molecule has 0 spiro atoms. The van der Waals surface area contributed by atoms with Crippen LogP contribution in [0.3, 0.4) is 0 Å². The highest BCUT2D eigenvalue weighted by Gasteiger charge is 2.25. The lowest BCUT2D eigenvalue weighted by molar-refractivity contribution is -0.126. The SMILES string of the molecule is NC(=O)CC(N)C(=O)NC1CNC(=O)C1. The fourth-order valence-corrected chi connectivity index (χ4v) is 1.32. The van der Waals surface area contributed by atoms with E-state index in [-0.39, 0.29) is 24.8 Å². The van der Waals surface area contributed by atoms with Gasteiger partial charge in [0, 0.05) is 13.0 Å². The molecule has 0 aromatic heterocycles. The second-order valence-electron chi connectivity index (χ2n) is 3.49. The van der Waals surface area contributed by atoms with E-state index in [4.69, 9.17) is 11.5 Å². The van der Waals surface area contributed by atoms with Crippen molar-refractivity contribution in [3.63, 3.8) is 0 Å². The van der Waals surface area contributed by atoms with Gasteiger partial charge in [0.2, 0.25) is 17.7 Å². The van der Waals surface area contributed by atoms with Gasteiger partial charge in [0.05, 0.1) is 18.5 Å². The molecule has 0 aromatic carbocycles. The summed E-state index contributed by atoms with van der Waals surface area (Å²) in [6.45, 7) is 0.397. The summed E-state index contributed by atoms with van der Waals surface area (Å²) in [5.74, 6) is -1.20. The maximum atomic E-state index is 11.4. The van der Waals surface area contributed by atoms with Crippen LogP contribution in [0.15, 0.2) is 0 Å². The van der Waals surface area contributed by atoms with Crippen molar-refractivity contribution in [3.8, 4) is 0 Å². The maximum absolute atomic E-state index is 11.4. The van der Waals surface area contributed by atoms with E-state index in [2.05, 4.69) is 10.6 Å². The van der Waals surface area contributed by atoms with Crippen LogP contribution in [-0.2, 0) is 14.4 Å². The molecule has 7 nitrogen and oxygen atoms in total. The fourth-order valence-electron chi connectivity index (χ4n) is 1.32. The zero-order chi connectivity index (χ0) is 11.4. The van der Waals surface area contributed by atoms with E-state index in [9.17, 15) is 14.4 Å². The zero-order valence-electron chi connectivity index (χ0n) is 8.16. The monoisotopic (exact) mass is 214 g/mol. The summed E-state index contributed by atoms with van der Waals surface area (Å²) in [6, 6.07) is -1.19. The first-order chi connectivity index (χ1) is 6.99. The van der Waals surface area contributed by atoms with Crippen LogP contribution >= 0.6 is 0 Å². The van der Waals surface area contributed by atoms with Gasteiger partial charge >= 0.3 is 0 Å². The normalized spacial score (nSPS) is 21.9. The Morgan fingerprint density at radius 2 is 2.27 bits per heavy atom. The van der Waals surface area contributed by atoms with E-state index in [1.807, 2.05) is 0 Å². The van der Waals surface area contributed by atoms with Gasteiger partial charge in [-0.05, 0) is 0 Å². The zero-order valence-corrected chi connectivity index (χ0v) is 8.16. The van der Waals surface area contributed by atoms with E-state index < -0.39 is 17.9 Å². The van der Waals surface area contributed by atoms with Gasteiger partial charge in [-0.25, -0.2) is 0 Å². The third kappa shape index (κ3) is 3.55. The molecule has 2 atom stereocenters. The standard InChI is InChI=1S/C8H14N4O3/c9-5(2-6(10)13)8(15)12-4-1-7(14)11-3-4/h4-5H,1-3,9H2,(H2,10,13)(H,11,14)(H,12,15). The fraction of sp³-hybridized carbons (Fsp3) is 0.625. The number of amides is 3. The Morgan fingerprint density at radius 1 is 1.60 bits per heavy atom. The molecule has 15 heavy (non-hydrogen) atoms. The molecule has 1 fully saturated rings. The molecule has 1 aliphatic heterocycles. The molecule has 1 rings (SSSR count). The number of primary amides is 1. The Bertz CT molecular complexity index is 292. The largest absolute Gasteiger partial charge is 0.370 e. The minimum Gasteiger partial charge on any atom is -0.370 e. The predicted octanol–water partition coefficient (Wildman–Crippen LogP) is -2.81. The quantitative estimate of drug-likeness (QED) is 0.403. The highest BCUT2D eigenvalue weighted by Crippen LogP contribution is 1.99. The third-order valence-corrected chi connectivity index (χ3v) is 2.08. The van der Waals surface area contributed by atoms with Crippen LogP contribution < -0.4 is 22.1 Å². The molecule has 0 saturated carbocycles. The number of hydrogen-bond acceptors (Lipinski definition) is 4. The molecule has 2 unspecified atom stereocenters. The summed E-state index contributed by atoms with van der Waals surface area (Å²) in [4.78, 5) is 32.7. The predicted molar refractivity (Wildman–Crippen MR) is 51.3 cm³/mol. The molecule has 0 bridgehead atoms. The van der Waals surface area contributed by atoms with E-state index in [0.29, 0.717) is 6.54 Å². The Labute approximate surface area is 86.6 Å². The van der Waals surface area contributed by atoms with Gasteiger partial charge in [0.15, 0.2) is 0 Å². The highest BCUT2D eigenvalue weighted by molar-refractivity contribution is 5.88. The molecule has 0 aliphatic carbocycles. The van der Waals surface area contributed by atoms with E-state index in [1.165, 1.54) is 0 Å². The van der Waals surface area contributed by atoms with E-state index in [1.54, 1.807) is 0 Å². The van der Waals surface area contributed by atoms with Crippen molar-refractivity contribution < 1.29 is 14.4 Å². The molecule has 3 amide bonds. The Hall–Kier alpha value is -1.63. The minimum atomic E-state index is -0.946. The molecular weight excluding hydrogens is 200 g/mol. The number of hydrogen-bond donors (Lipinski definition) is 4. The first-order valence-electron chi connectivity index (χ1n) is 4.60. The first kappa shape index (κ1) is 11.4. The van der Waals surface area contributed by atoms with Gasteiger partial charge in [0.25, 0.3) is 0 Å². The second-order valence-corrected chi connectivity index (χ2v) is 3.49. The van der Waals surface area contributed by atoms with Crippen molar-refractivity contribution in [1.82, 2.24) is 10.6 Å². The van der Waals surface area contributed by atoms with Crippen molar-refractivity contribution >= 4 is 17.7 Å². The van der Waals surface area contributed by atoms with Crippen LogP contribution in [-0.4, -0.2) is 36.3 Å². The topological polar surface area (TPSA) is 127 Å². The van der Waals surface area contributed by atoms with Crippen molar-refractivity contribution in [1.29, 1.82) is 0 Å². The number of carbonyl (C=O) groups is 3. The number of carbonyl (C=O) groups excluding carboxylic acids is 3. The molecule has 1 aliphatic rings. The van der Waals surface area contributed by atoms with E-state index >= 15 is 0 Å². The van der Waals surface area contributed by atoms with Gasteiger partial charge in [-0.15, -0.1) is 0 Å². The summed E-state index contributed by atoms with van der Waals surface area (Å²) >= 11 is 0. The maximum Gasteiger partial charge on any atom is 0.237 e. The molecule has 6 N–H and O–H groups in total. The van der Waals surface area contributed by atoms with E-state index in [0.717, 1.165) is 0 Å². The van der Waals surface area contributed by atoms with Crippen LogP contribution in [0.1, 0.15) is 12.8 Å². The van der Waals surface area contributed by atoms with Crippen molar-refractivity contribution in [2.45, 2.75) is 24.9 Å². The third-order valence-electron chi connectivity index (χ3n) is 2.08. The van der Waals surface area contributed by atoms with Gasteiger partial charge in [-0.3, -0.25) is 14.4 Å². The number of rotatable bonds is 4.